The third-order valence-corrected chi connectivity index (χ3v) is 5.87. The van der Waals surface area contributed by atoms with Gasteiger partial charge in [0.1, 0.15) is 12.0 Å². The fraction of sp³-hybridized carbons (Fsp3) is 0.529. The van der Waals surface area contributed by atoms with Crippen molar-refractivity contribution in [1.82, 2.24) is 0 Å². The van der Waals surface area contributed by atoms with Gasteiger partial charge in [0.15, 0.2) is 0 Å². The molecule has 3 aliphatic heterocycles. The van der Waals surface area contributed by atoms with Crippen molar-refractivity contribution in [1.29, 1.82) is 0 Å². The summed E-state index contributed by atoms with van der Waals surface area (Å²) in [6.07, 6.45) is 2.12. The highest BCUT2D eigenvalue weighted by molar-refractivity contribution is 6.05. The molecule has 4 rings (SSSR count). The number of amides is 1. The molecule has 0 aliphatic carbocycles. The summed E-state index contributed by atoms with van der Waals surface area (Å²) in [4.78, 5) is 37.2. The van der Waals surface area contributed by atoms with Gasteiger partial charge >= 0.3 is 5.97 Å². The van der Waals surface area contributed by atoms with Gasteiger partial charge in [-0.05, 0) is 13.0 Å². The molecule has 8 heteroatoms. The molecule has 132 valence electrons. The van der Waals surface area contributed by atoms with Crippen molar-refractivity contribution in [3.8, 4) is 0 Å². The van der Waals surface area contributed by atoms with Gasteiger partial charge in [-0.25, -0.2) is 0 Å². The first-order valence-corrected chi connectivity index (χ1v) is 8.62. The molecular formula is C17H20N3O5+. The Labute approximate surface area is 144 Å². The van der Waals surface area contributed by atoms with E-state index in [1.54, 1.807) is 13.0 Å². The van der Waals surface area contributed by atoms with E-state index in [0.29, 0.717) is 24.3 Å². The van der Waals surface area contributed by atoms with Crippen molar-refractivity contribution in [2.75, 3.05) is 18.5 Å². The van der Waals surface area contributed by atoms with Gasteiger partial charge in [-0.3, -0.25) is 19.7 Å². The van der Waals surface area contributed by atoms with Crippen LogP contribution in [0, 0.1) is 16.0 Å². The monoisotopic (exact) mass is 346 g/mol. The van der Waals surface area contributed by atoms with Gasteiger partial charge in [0.25, 0.3) is 11.6 Å². The van der Waals surface area contributed by atoms with Crippen LogP contribution >= 0.6 is 0 Å². The molecule has 3 aliphatic rings. The number of rotatable bonds is 3. The molecule has 1 aromatic rings. The van der Waals surface area contributed by atoms with Crippen molar-refractivity contribution >= 4 is 23.3 Å². The van der Waals surface area contributed by atoms with E-state index in [1.807, 2.05) is 0 Å². The standard InChI is InChI=1S/C17H19N3O5/c1-2-25-15(21)11-9-17(19-7-3-4-14(11)19)12-8-10(20(23)24)5-6-13(12)18-16(17)22/h5-6,8,11,14H,2-4,7,9H2,1H3,(H,18,22)/p+1/t11-,14-,17-/m1/s1. The number of nitro benzene ring substituents is 1. The number of fused-ring (bicyclic) bond motifs is 4. The molecule has 2 saturated heterocycles. The Kier molecular flexibility index (Phi) is 3.54. The Morgan fingerprint density at radius 1 is 1.52 bits per heavy atom. The van der Waals surface area contributed by atoms with E-state index in [9.17, 15) is 19.7 Å². The van der Waals surface area contributed by atoms with E-state index in [4.69, 9.17) is 4.74 Å². The van der Waals surface area contributed by atoms with E-state index >= 15 is 0 Å². The summed E-state index contributed by atoms with van der Waals surface area (Å²) < 4.78 is 5.23. The molecule has 1 amide bonds. The lowest BCUT2D eigenvalue weighted by molar-refractivity contribution is -0.947. The number of carbonyl (C=O) groups excluding carboxylic acids is 2. The number of anilines is 1. The Morgan fingerprint density at radius 3 is 3.04 bits per heavy atom. The summed E-state index contributed by atoms with van der Waals surface area (Å²) in [7, 11) is 0. The summed E-state index contributed by atoms with van der Waals surface area (Å²) in [6, 6.07) is 4.49. The van der Waals surface area contributed by atoms with E-state index < -0.39 is 10.5 Å². The number of hydrogen-bond donors (Lipinski definition) is 2. The third-order valence-electron chi connectivity index (χ3n) is 5.87. The largest absolute Gasteiger partial charge is 0.466 e. The number of nitrogens with one attached hydrogen (secondary N) is 2. The summed E-state index contributed by atoms with van der Waals surface area (Å²) in [5, 5.41) is 14.1. The highest BCUT2D eigenvalue weighted by Crippen LogP contribution is 2.45. The van der Waals surface area contributed by atoms with E-state index in [1.165, 1.54) is 12.1 Å². The average molecular weight is 346 g/mol. The summed E-state index contributed by atoms with van der Waals surface area (Å²) >= 11 is 0. The van der Waals surface area contributed by atoms with E-state index in [-0.39, 0.29) is 29.5 Å². The van der Waals surface area contributed by atoms with Crippen LogP contribution in [0.4, 0.5) is 11.4 Å². The van der Waals surface area contributed by atoms with Gasteiger partial charge in [-0.1, -0.05) is 0 Å². The zero-order valence-corrected chi connectivity index (χ0v) is 13.9. The van der Waals surface area contributed by atoms with Crippen LogP contribution in [0.3, 0.4) is 0 Å². The smallest absolute Gasteiger partial charge is 0.315 e. The zero-order valence-electron chi connectivity index (χ0n) is 13.9. The predicted octanol–water partition coefficient (Wildman–Crippen LogP) is 0.373. The van der Waals surface area contributed by atoms with Crippen molar-refractivity contribution in [3.63, 3.8) is 0 Å². The van der Waals surface area contributed by atoms with E-state index in [0.717, 1.165) is 24.3 Å². The average Bonchev–Trinajstić information content (AvgIpc) is 3.23. The molecule has 0 saturated carbocycles. The molecule has 0 bridgehead atoms. The van der Waals surface area contributed by atoms with Crippen molar-refractivity contribution < 1.29 is 24.1 Å². The highest BCUT2D eigenvalue weighted by Gasteiger charge is 2.67. The molecule has 0 aromatic heterocycles. The lowest BCUT2D eigenvalue weighted by Gasteiger charge is -2.29. The second kappa shape index (κ2) is 5.52. The summed E-state index contributed by atoms with van der Waals surface area (Å²) in [5.41, 5.74) is 0.281. The number of ether oxygens (including phenoxy) is 1. The van der Waals surface area contributed by atoms with Crippen molar-refractivity contribution in [3.05, 3.63) is 33.9 Å². The van der Waals surface area contributed by atoms with Gasteiger partial charge in [0, 0.05) is 31.4 Å². The Bertz CT molecular complexity index is 780. The number of hydrogen-bond acceptors (Lipinski definition) is 5. The molecular weight excluding hydrogens is 326 g/mol. The van der Waals surface area contributed by atoms with Gasteiger partial charge in [-0.15, -0.1) is 0 Å². The quantitative estimate of drug-likeness (QED) is 0.468. The van der Waals surface area contributed by atoms with Crippen LogP contribution < -0.4 is 10.2 Å². The molecule has 1 aromatic carbocycles. The first-order valence-electron chi connectivity index (χ1n) is 8.62. The summed E-state index contributed by atoms with van der Waals surface area (Å²) in [6.45, 7) is 2.84. The number of nitro groups is 1. The molecule has 2 N–H and O–H groups in total. The first-order chi connectivity index (χ1) is 12.0. The number of nitrogens with zero attached hydrogens (tertiary/aromatic N) is 1. The SMILES string of the molecule is CCOC(=O)[C@@H]1C[C@@]2(C(=O)Nc3ccc([N+](=O)[O-])cc32)[NH+]2CCC[C@H]12. The Morgan fingerprint density at radius 2 is 2.32 bits per heavy atom. The minimum absolute atomic E-state index is 0.0232. The number of non-ortho nitro benzene ring substituents is 1. The van der Waals surface area contributed by atoms with Crippen LogP contribution in [0.5, 0.6) is 0 Å². The fourth-order valence-corrected chi connectivity index (χ4v) is 4.93. The van der Waals surface area contributed by atoms with Crippen molar-refractivity contribution in [2.24, 2.45) is 5.92 Å². The van der Waals surface area contributed by atoms with Crippen LogP contribution in [0.15, 0.2) is 18.2 Å². The van der Waals surface area contributed by atoms with E-state index in [2.05, 4.69) is 5.32 Å². The fourth-order valence-electron chi connectivity index (χ4n) is 4.93. The Balaban J connectivity index is 1.82. The minimum Gasteiger partial charge on any atom is -0.466 e. The molecule has 3 heterocycles. The number of benzene rings is 1. The van der Waals surface area contributed by atoms with Gasteiger partial charge in [-0.2, -0.15) is 0 Å². The molecule has 0 radical (unpaired) electrons. The van der Waals surface area contributed by atoms with Gasteiger partial charge in [0.2, 0.25) is 5.54 Å². The maximum atomic E-state index is 13.0. The number of carbonyl (C=O) groups is 2. The topological polar surface area (TPSA) is 103 Å². The number of esters is 1. The van der Waals surface area contributed by atoms with Crippen molar-refractivity contribution in [2.45, 2.75) is 37.8 Å². The van der Waals surface area contributed by atoms with Crippen LogP contribution in [-0.2, 0) is 19.9 Å². The third kappa shape index (κ3) is 2.10. The second-order valence-electron chi connectivity index (χ2n) is 6.93. The molecule has 1 spiro atoms. The first kappa shape index (κ1) is 16.0. The normalized spacial score (nSPS) is 32.4. The summed E-state index contributed by atoms with van der Waals surface area (Å²) in [5.74, 6) is -0.791. The maximum Gasteiger partial charge on any atom is 0.315 e. The van der Waals surface area contributed by atoms with Crippen LogP contribution in [-0.4, -0.2) is 36.0 Å². The van der Waals surface area contributed by atoms with Gasteiger partial charge < -0.3 is 15.0 Å². The predicted molar refractivity (Wildman–Crippen MR) is 87.0 cm³/mol. The minimum atomic E-state index is -0.931. The molecule has 4 atom stereocenters. The van der Waals surface area contributed by atoms with Gasteiger partial charge in [0.05, 0.1) is 29.3 Å². The molecule has 8 nitrogen and oxygen atoms in total. The lowest BCUT2D eigenvalue weighted by Crippen LogP contribution is -3.19. The second-order valence-corrected chi connectivity index (χ2v) is 6.93. The van der Waals surface area contributed by atoms with Crippen LogP contribution in [0.1, 0.15) is 31.7 Å². The lowest BCUT2D eigenvalue weighted by atomic mass is 9.84. The zero-order chi connectivity index (χ0) is 17.8. The van der Waals surface area contributed by atoms with Crippen LogP contribution in [0.2, 0.25) is 0 Å². The molecule has 2 fully saturated rings. The maximum absolute atomic E-state index is 13.0. The number of quaternary nitrogens is 1. The molecule has 25 heavy (non-hydrogen) atoms. The highest BCUT2D eigenvalue weighted by atomic mass is 16.6. The Hall–Kier alpha value is -2.48. The van der Waals surface area contributed by atoms with Crippen LogP contribution in [0.25, 0.3) is 0 Å². The molecule has 1 unspecified atom stereocenters.